The van der Waals surface area contributed by atoms with E-state index in [0.29, 0.717) is 6.54 Å². The molecule has 0 heterocycles. The Labute approximate surface area is 102 Å². The number of rotatable bonds is 4. The van der Waals surface area contributed by atoms with Crippen molar-refractivity contribution in [2.75, 3.05) is 0 Å². The van der Waals surface area contributed by atoms with Gasteiger partial charge in [0.25, 0.3) is 0 Å². The van der Waals surface area contributed by atoms with E-state index in [9.17, 15) is 0 Å². The van der Waals surface area contributed by atoms with E-state index in [1.165, 1.54) is 21.7 Å². The van der Waals surface area contributed by atoms with Crippen LogP contribution in [0.3, 0.4) is 0 Å². The van der Waals surface area contributed by atoms with Crippen LogP contribution < -0.4 is 11.6 Å². The van der Waals surface area contributed by atoms with Crippen LogP contribution in [0.1, 0.15) is 30.5 Å². The van der Waals surface area contributed by atoms with Crippen molar-refractivity contribution < 1.29 is 0 Å². The molecular weight excluding hydrogens is 218 g/mol. The number of nitrogens with zero attached hydrogens (tertiary/aromatic N) is 1. The Balaban J connectivity index is 2.99. The Morgan fingerprint density at radius 2 is 1.88 bits per heavy atom. The lowest BCUT2D eigenvalue weighted by atomic mass is 9.97. The van der Waals surface area contributed by atoms with E-state index in [4.69, 9.17) is 23.8 Å². The van der Waals surface area contributed by atoms with Gasteiger partial charge in [0.2, 0.25) is 0 Å². The summed E-state index contributed by atoms with van der Waals surface area (Å²) in [7, 11) is 0. The highest BCUT2D eigenvalue weighted by Crippen LogP contribution is 2.17. The van der Waals surface area contributed by atoms with Gasteiger partial charge in [-0.25, -0.2) is 5.84 Å². The van der Waals surface area contributed by atoms with Gasteiger partial charge in [-0.2, -0.15) is 0 Å². The summed E-state index contributed by atoms with van der Waals surface area (Å²) in [5.74, 6) is 5.73. The normalized spacial score (nSPS) is 10.2. The van der Waals surface area contributed by atoms with Gasteiger partial charge in [-0.05, 0) is 41.7 Å². The van der Waals surface area contributed by atoms with Crippen molar-refractivity contribution in [3.8, 4) is 0 Å². The standard InChI is InChI=1S/C12H19N3S/c1-3-9-6-5-7-10(11(9)4-2)8-15(14)12(13)16/h5-7H,3-4,8,14H2,1-2H3,(H2,13,16). The molecule has 0 aliphatic heterocycles. The van der Waals surface area contributed by atoms with Crippen molar-refractivity contribution in [1.82, 2.24) is 5.01 Å². The summed E-state index contributed by atoms with van der Waals surface area (Å²) in [6.45, 7) is 4.89. The van der Waals surface area contributed by atoms with Crippen molar-refractivity contribution in [3.63, 3.8) is 0 Å². The Hall–Kier alpha value is -1.13. The molecule has 4 heteroatoms. The minimum atomic E-state index is 0.226. The van der Waals surface area contributed by atoms with E-state index in [-0.39, 0.29) is 5.11 Å². The average molecular weight is 237 g/mol. The van der Waals surface area contributed by atoms with Crippen molar-refractivity contribution in [2.24, 2.45) is 11.6 Å². The quantitative estimate of drug-likeness (QED) is 0.476. The highest BCUT2D eigenvalue weighted by Gasteiger charge is 2.08. The maximum atomic E-state index is 5.73. The van der Waals surface area contributed by atoms with Crippen molar-refractivity contribution in [3.05, 3.63) is 34.9 Å². The first kappa shape index (κ1) is 12.9. The second-order valence-electron chi connectivity index (χ2n) is 3.73. The van der Waals surface area contributed by atoms with Crippen LogP contribution in [0.5, 0.6) is 0 Å². The topological polar surface area (TPSA) is 55.3 Å². The maximum Gasteiger partial charge on any atom is 0.180 e. The molecule has 88 valence electrons. The highest BCUT2D eigenvalue weighted by atomic mass is 32.1. The Morgan fingerprint density at radius 1 is 1.25 bits per heavy atom. The van der Waals surface area contributed by atoms with Crippen LogP contribution >= 0.6 is 12.2 Å². The Morgan fingerprint density at radius 3 is 2.38 bits per heavy atom. The molecule has 0 atom stereocenters. The number of hydrogen-bond donors (Lipinski definition) is 2. The number of hydrazine groups is 1. The largest absolute Gasteiger partial charge is 0.375 e. The predicted molar refractivity (Wildman–Crippen MR) is 71.7 cm³/mol. The molecule has 1 aromatic carbocycles. The Kier molecular flexibility index (Phi) is 4.71. The number of nitrogens with two attached hydrogens (primary N) is 2. The van der Waals surface area contributed by atoms with Gasteiger partial charge < -0.3 is 5.73 Å². The van der Waals surface area contributed by atoms with Crippen LogP contribution in [0.2, 0.25) is 0 Å². The van der Waals surface area contributed by atoms with Crippen LogP contribution in [0.15, 0.2) is 18.2 Å². The second-order valence-corrected chi connectivity index (χ2v) is 4.15. The van der Waals surface area contributed by atoms with E-state index < -0.39 is 0 Å². The van der Waals surface area contributed by atoms with Crippen molar-refractivity contribution in [1.29, 1.82) is 0 Å². The van der Waals surface area contributed by atoms with Crippen molar-refractivity contribution in [2.45, 2.75) is 33.2 Å². The summed E-state index contributed by atoms with van der Waals surface area (Å²) in [6, 6.07) is 6.29. The molecule has 0 aromatic heterocycles. The molecule has 0 aliphatic carbocycles. The fourth-order valence-electron chi connectivity index (χ4n) is 1.88. The maximum absolute atomic E-state index is 5.73. The number of hydrogen-bond acceptors (Lipinski definition) is 2. The zero-order valence-corrected chi connectivity index (χ0v) is 10.7. The molecule has 0 unspecified atom stereocenters. The lowest BCUT2D eigenvalue weighted by Crippen LogP contribution is -2.40. The van der Waals surface area contributed by atoms with Crippen LogP contribution in [0.25, 0.3) is 0 Å². The molecule has 1 rings (SSSR count). The minimum Gasteiger partial charge on any atom is -0.375 e. The van der Waals surface area contributed by atoms with Gasteiger partial charge in [0, 0.05) is 0 Å². The third-order valence-corrected chi connectivity index (χ3v) is 2.96. The number of benzene rings is 1. The van der Waals surface area contributed by atoms with Gasteiger partial charge in [-0.1, -0.05) is 32.0 Å². The molecule has 4 N–H and O–H groups in total. The summed E-state index contributed by atoms with van der Waals surface area (Å²) in [6.07, 6.45) is 2.04. The molecule has 0 bridgehead atoms. The molecule has 0 saturated heterocycles. The van der Waals surface area contributed by atoms with Gasteiger partial charge in [-0.3, -0.25) is 5.01 Å². The Bertz CT molecular complexity index is 377. The molecule has 16 heavy (non-hydrogen) atoms. The third kappa shape index (κ3) is 2.93. The first-order valence-electron chi connectivity index (χ1n) is 5.51. The SMILES string of the molecule is CCc1cccc(CN(N)C(N)=S)c1CC. The van der Waals surface area contributed by atoms with Gasteiger partial charge in [0.1, 0.15) is 0 Å². The van der Waals surface area contributed by atoms with Gasteiger partial charge in [0.15, 0.2) is 5.11 Å². The van der Waals surface area contributed by atoms with E-state index >= 15 is 0 Å². The fraction of sp³-hybridized carbons (Fsp3) is 0.417. The lowest BCUT2D eigenvalue weighted by Gasteiger charge is -2.19. The van der Waals surface area contributed by atoms with Gasteiger partial charge in [-0.15, -0.1) is 0 Å². The van der Waals surface area contributed by atoms with Gasteiger partial charge in [0.05, 0.1) is 6.54 Å². The fourth-order valence-corrected chi connectivity index (χ4v) is 1.95. The zero-order valence-electron chi connectivity index (χ0n) is 9.86. The molecule has 3 nitrogen and oxygen atoms in total. The number of aryl methyl sites for hydroxylation is 1. The second kappa shape index (κ2) is 5.82. The predicted octanol–water partition coefficient (Wildman–Crippen LogP) is 1.73. The minimum absolute atomic E-state index is 0.226. The summed E-state index contributed by atoms with van der Waals surface area (Å²) >= 11 is 4.84. The van der Waals surface area contributed by atoms with E-state index in [2.05, 4.69) is 32.0 Å². The van der Waals surface area contributed by atoms with Crippen molar-refractivity contribution >= 4 is 17.3 Å². The first-order valence-corrected chi connectivity index (χ1v) is 5.92. The molecular formula is C12H19N3S. The molecule has 1 aromatic rings. The third-order valence-electron chi connectivity index (χ3n) is 2.73. The zero-order chi connectivity index (χ0) is 12.1. The summed E-state index contributed by atoms with van der Waals surface area (Å²) in [4.78, 5) is 0. The lowest BCUT2D eigenvalue weighted by molar-refractivity contribution is 0.435. The summed E-state index contributed by atoms with van der Waals surface area (Å²) in [5, 5.41) is 1.63. The molecule has 0 aliphatic rings. The monoisotopic (exact) mass is 237 g/mol. The van der Waals surface area contributed by atoms with E-state index in [1.807, 2.05) is 0 Å². The first-order chi connectivity index (χ1) is 7.60. The van der Waals surface area contributed by atoms with Crippen LogP contribution in [0, 0.1) is 0 Å². The molecule has 0 amide bonds. The van der Waals surface area contributed by atoms with E-state index in [1.54, 1.807) is 0 Å². The van der Waals surface area contributed by atoms with E-state index in [0.717, 1.165) is 12.8 Å². The molecule has 0 saturated carbocycles. The highest BCUT2D eigenvalue weighted by molar-refractivity contribution is 7.80. The molecule has 0 fully saturated rings. The summed E-state index contributed by atoms with van der Waals surface area (Å²) < 4.78 is 0. The number of thiocarbonyl (C=S) groups is 1. The molecule has 0 spiro atoms. The van der Waals surface area contributed by atoms with Crippen LogP contribution in [-0.4, -0.2) is 10.1 Å². The van der Waals surface area contributed by atoms with Crippen LogP contribution in [0.4, 0.5) is 0 Å². The van der Waals surface area contributed by atoms with Crippen LogP contribution in [-0.2, 0) is 19.4 Å². The summed E-state index contributed by atoms with van der Waals surface area (Å²) in [5.41, 5.74) is 9.41. The van der Waals surface area contributed by atoms with Gasteiger partial charge >= 0.3 is 0 Å². The average Bonchev–Trinajstić information content (AvgIpc) is 2.28. The smallest absolute Gasteiger partial charge is 0.180 e. The molecule has 0 radical (unpaired) electrons.